The van der Waals surface area contributed by atoms with Crippen molar-refractivity contribution >= 4 is 35.1 Å². The minimum Gasteiger partial charge on any atom is -0.491 e. The largest absolute Gasteiger partial charge is 0.491 e. The van der Waals surface area contributed by atoms with E-state index in [1.807, 2.05) is 134 Å². The molecule has 0 bridgehead atoms. The van der Waals surface area contributed by atoms with E-state index < -0.39 is 30.3 Å². The highest BCUT2D eigenvalue weighted by molar-refractivity contribution is 5.89. The van der Waals surface area contributed by atoms with Crippen molar-refractivity contribution in [2.45, 2.75) is 131 Å². The van der Waals surface area contributed by atoms with E-state index in [1.165, 1.54) is 0 Å². The molecular formula is C56H88ClN3O14. The molecule has 0 saturated carbocycles. The number of rotatable bonds is 32. The van der Waals surface area contributed by atoms with Gasteiger partial charge in [0, 0.05) is 55.3 Å². The fourth-order valence-corrected chi connectivity index (χ4v) is 5.76. The third-order valence-corrected chi connectivity index (χ3v) is 9.46. The Morgan fingerprint density at radius 3 is 1.22 bits per heavy atom. The van der Waals surface area contributed by atoms with Gasteiger partial charge in [0.15, 0.2) is 0 Å². The van der Waals surface area contributed by atoms with Gasteiger partial charge in [-0.2, -0.15) is 0 Å². The lowest BCUT2D eigenvalue weighted by atomic mass is 10.1. The maximum Gasteiger partial charge on any atom is 0.328 e. The van der Waals surface area contributed by atoms with E-state index in [-0.39, 0.29) is 37.8 Å². The SMILES string of the molecule is CC(C)NCC(O)COc1ccc(COCCOC(C)C)cc1.CC(C)NCC(O)COc1ccc(COCCOC(C)C)cc1.CC(C)NCC(O)COc1cccc2ccccc12.Cl.O=C(O)/C=C/C(=O)O. The molecule has 0 saturated heterocycles. The molecule has 4 aromatic carbocycles. The van der Waals surface area contributed by atoms with Gasteiger partial charge < -0.3 is 74.6 Å². The van der Waals surface area contributed by atoms with Gasteiger partial charge in [-0.3, -0.25) is 0 Å². The van der Waals surface area contributed by atoms with Gasteiger partial charge in [-0.25, -0.2) is 9.59 Å². The fourth-order valence-electron chi connectivity index (χ4n) is 5.76. The van der Waals surface area contributed by atoms with Gasteiger partial charge in [-0.05, 0) is 74.5 Å². The Hall–Kier alpha value is -4.89. The summed E-state index contributed by atoms with van der Waals surface area (Å²) in [4.78, 5) is 19.1. The zero-order chi connectivity index (χ0) is 54.4. The Bertz CT molecular complexity index is 1940. The molecule has 4 rings (SSSR count). The van der Waals surface area contributed by atoms with Crippen LogP contribution < -0.4 is 30.2 Å². The number of fused-ring (bicyclic) bond motifs is 1. The second-order valence-corrected chi connectivity index (χ2v) is 18.3. The maximum absolute atomic E-state index is 9.84. The highest BCUT2D eigenvalue weighted by atomic mass is 35.5. The monoisotopic (exact) mass is 1060 g/mol. The molecule has 18 heteroatoms. The van der Waals surface area contributed by atoms with E-state index in [9.17, 15) is 24.9 Å². The second kappa shape index (κ2) is 42.3. The molecule has 8 N–H and O–H groups in total. The smallest absolute Gasteiger partial charge is 0.328 e. The molecule has 0 aromatic heterocycles. The molecule has 0 spiro atoms. The Labute approximate surface area is 446 Å². The standard InChI is InChI=1S/2C18H31NO4.C16H21NO2.C4H4O4.ClH/c2*1-14(2)19-11-17(20)13-23-18-7-5-16(6-8-18)12-21-9-10-22-15(3)4;1-12(2)17-10-14(18)11-19-16-9-5-7-13-6-3-4-8-15(13)16;5-3(6)1-2-4(7)8;/h2*5-8,14-15,17,19-20H,9-13H2,1-4H3;3-9,12,14,17-18H,10-11H2,1-2H3;1-2H,(H,5,6)(H,7,8);1H/b;;;2-1+;. The summed E-state index contributed by atoms with van der Waals surface area (Å²) in [6.07, 6.45) is 0.0661. The van der Waals surface area contributed by atoms with Crippen molar-refractivity contribution in [3.63, 3.8) is 0 Å². The molecule has 418 valence electrons. The summed E-state index contributed by atoms with van der Waals surface area (Å²) in [7, 11) is 0. The van der Waals surface area contributed by atoms with Crippen LogP contribution in [0, 0.1) is 0 Å². The molecule has 0 fully saturated rings. The number of aliphatic hydroxyl groups excluding tert-OH is 3. The molecule has 3 atom stereocenters. The molecule has 3 unspecified atom stereocenters. The van der Waals surface area contributed by atoms with Gasteiger partial charge in [0.1, 0.15) is 55.4 Å². The Morgan fingerprint density at radius 1 is 0.486 bits per heavy atom. The number of benzene rings is 4. The summed E-state index contributed by atoms with van der Waals surface area (Å²) in [5.74, 6) is -0.192. The van der Waals surface area contributed by atoms with Crippen LogP contribution in [0.3, 0.4) is 0 Å². The first-order valence-electron chi connectivity index (χ1n) is 25.0. The van der Waals surface area contributed by atoms with E-state index >= 15 is 0 Å². The van der Waals surface area contributed by atoms with E-state index in [0.29, 0.717) is 96.2 Å². The maximum atomic E-state index is 9.84. The van der Waals surface area contributed by atoms with E-state index in [1.54, 1.807) is 0 Å². The number of ether oxygens (including phenoxy) is 7. The summed E-state index contributed by atoms with van der Waals surface area (Å²) in [6, 6.07) is 30.6. The molecule has 0 aliphatic carbocycles. The van der Waals surface area contributed by atoms with Crippen LogP contribution in [0.5, 0.6) is 17.2 Å². The Balaban J connectivity index is 0.00000100. The minimum absolute atomic E-state index is 0. The van der Waals surface area contributed by atoms with Crippen LogP contribution in [0.15, 0.2) is 103 Å². The summed E-state index contributed by atoms with van der Waals surface area (Å²) in [5.41, 5.74) is 2.17. The first-order chi connectivity index (χ1) is 34.7. The van der Waals surface area contributed by atoms with Gasteiger partial charge >= 0.3 is 11.9 Å². The Kier molecular flexibility index (Phi) is 39.5. The van der Waals surface area contributed by atoms with Crippen molar-refractivity contribution in [3.05, 3.63) is 114 Å². The van der Waals surface area contributed by atoms with Gasteiger partial charge in [-0.15, -0.1) is 12.4 Å². The molecule has 0 heterocycles. The number of carbonyl (C=O) groups is 2. The first kappa shape index (κ1) is 69.1. The molecular weight excluding hydrogens is 974 g/mol. The van der Waals surface area contributed by atoms with Crippen molar-refractivity contribution in [1.82, 2.24) is 16.0 Å². The van der Waals surface area contributed by atoms with Crippen LogP contribution in [-0.2, 0) is 41.8 Å². The van der Waals surface area contributed by atoms with Crippen LogP contribution in [0.1, 0.15) is 80.4 Å². The second-order valence-electron chi connectivity index (χ2n) is 18.3. The molecule has 0 radical (unpaired) electrons. The van der Waals surface area contributed by atoms with Crippen LogP contribution in [0.2, 0.25) is 0 Å². The average molecular weight is 1060 g/mol. The van der Waals surface area contributed by atoms with E-state index in [2.05, 4.69) is 41.9 Å². The highest BCUT2D eigenvalue weighted by Gasteiger charge is 2.10. The number of carboxylic acid groups (broad SMARTS) is 2. The van der Waals surface area contributed by atoms with Gasteiger partial charge in [-0.1, -0.05) is 102 Å². The topological polar surface area (TPSA) is 236 Å². The van der Waals surface area contributed by atoms with Crippen molar-refractivity contribution in [1.29, 1.82) is 0 Å². The normalized spacial score (nSPS) is 12.3. The predicted octanol–water partition coefficient (Wildman–Crippen LogP) is 7.44. The quantitative estimate of drug-likeness (QED) is 0.0175. The molecule has 17 nitrogen and oxygen atoms in total. The summed E-state index contributed by atoms with van der Waals surface area (Å²) < 4.78 is 38.8. The van der Waals surface area contributed by atoms with Crippen LogP contribution >= 0.6 is 12.4 Å². The third kappa shape index (κ3) is 38.7. The van der Waals surface area contributed by atoms with E-state index in [4.69, 9.17) is 43.4 Å². The zero-order valence-electron chi connectivity index (χ0n) is 45.2. The minimum atomic E-state index is -1.26. The number of hydrogen-bond donors (Lipinski definition) is 8. The van der Waals surface area contributed by atoms with Crippen LogP contribution in [0.25, 0.3) is 10.8 Å². The van der Waals surface area contributed by atoms with Gasteiger partial charge in [0.25, 0.3) is 0 Å². The average Bonchev–Trinajstić information content (AvgIpc) is 3.35. The number of nitrogens with one attached hydrogen (secondary N) is 3. The number of carboxylic acids is 2. The van der Waals surface area contributed by atoms with Crippen LogP contribution in [-0.4, -0.2) is 152 Å². The molecule has 0 aliphatic rings. The number of aliphatic hydroxyl groups is 3. The summed E-state index contributed by atoms with van der Waals surface area (Å²) in [5, 5.41) is 56.8. The Morgan fingerprint density at radius 2 is 0.851 bits per heavy atom. The molecule has 0 amide bonds. The lowest BCUT2D eigenvalue weighted by molar-refractivity contribution is -0.134. The third-order valence-electron chi connectivity index (χ3n) is 9.46. The van der Waals surface area contributed by atoms with E-state index in [0.717, 1.165) is 39.1 Å². The fraction of sp³-hybridized carbons (Fsp3) is 0.536. The van der Waals surface area contributed by atoms with Crippen molar-refractivity contribution in [2.75, 3.05) is 65.9 Å². The predicted molar refractivity (Wildman–Crippen MR) is 294 cm³/mol. The van der Waals surface area contributed by atoms with Gasteiger partial charge in [0.2, 0.25) is 0 Å². The van der Waals surface area contributed by atoms with Crippen molar-refractivity contribution in [3.8, 4) is 17.2 Å². The lowest BCUT2D eigenvalue weighted by Gasteiger charge is -2.15. The number of halogens is 1. The molecule has 4 aromatic rings. The van der Waals surface area contributed by atoms with Crippen LogP contribution in [0.4, 0.5) is 0 Å². The van der Waals surface area contributed by atoms with Crippen molar-refractivity contribution in [2.24, 2.45) is 0 Å². The van der Waals surface area contributed by atoms with Gasteiger partial charge in [0.05, 0.1) is 51.8 Å². The number of hydrogen-bond acceptors (Lipinski definition) is 15. The summed E-state index contributed by atoms with van der Waals surface area (Å²) >= 11 is 0. The number of aliphatic carboxylic acids is 2. The molecule has 74 heavy (non-hydrogen) atoms. The first-order valence-corrected chi connectivity index (χ1v) is 25.0. The molecule has 0 aliphatic heterocycles. The summed E-state index contributed by atoms with van der Waals surface area (Å²) in [6.45, 7) is 26.3. The lowest BCUT2D eigenvalue weighted by Crippen LogP contribution is -2.35. The van der Waals surface area contributed by atoms with Crippen molar-refractivity contribution < 1.29 is 68.3 Å². The highest BCUT2D eigenvalue weighted by Crippen LogP contribution is 2.25. The zero-order valence-corrected chi connectivity index (χ0v) is 46.1.